The summed E-state index contributed by atoms with van der Waals surface area (Å²) in [6.45, 7) is 2.28. The van der Waals surface area contributed by atoms with Gasteiger partial charge in [-0.25, -0.2) is 13.4 Å². The lowest BCUT2D eigenvalue weighted by atomic mass is 10.0. The zero-order valence-corrected chi connectivity index (χ0v) is 18.6. The molecule has 1 atom stereocenters. The van der Waals surface area contributed by atoms with E-state index in [1.165, 1.54) is 0 Å². The van der Waals surface area contributed by atoms with Gasteiger partial charge in [-0.05, 0) is 37.0 Å². The molecular weight excluding hydrogens is 434 g/mol. The van der Waals surface area contributed by atoms with Gasteiger partial charge in [0, 0.05) is 30.5 Å². The third kappa shape index (κ3) is 4.68. The zero-order valence-electron chi connectivity index (χ0n) is 17.8. The predicted octanol–water partition coefficient (Wildman–Crippen LogP) is 4.09. The smallest absolute Gasteiger partial charge is 0.350 e. The van der Waals surface area contributed by atoms with Crippen molar-refractivity contribution in [1.29, 1.82) is 0 Å². The van der Waals surface area contributed by atoms with Crippen molar-refractivity contribution < 1.29 is 17.2 Å². The van der Waals surface area contributed by atoms with Crippen LogP contribution in [0.2, 0.25) is 0 Å². The Morgan fingerprint density at radius 3 is 2.53 bits per heavy atom. The molecule has 9 heteroatoms. The van der Waals surface area contributed by atoms with E-state index < -0.39 is 15.8 Å². The molecule has 0 bridgehead atoms. The summed E-state index contributed by atoms with van der Waals surface area (Å²) in [6.07, 6.45) is 2.93. The fourth-order valence-corrected chi connectivity index (χ4v) is 5.09. The standard InChI is InChI=1S/C23H26F2N4O2S/c1-17-21(27-16-26-17)15-29-20(12-11-18-7-3-2-4-8-18)14-28(32(30,31)23(24)25)13-19-9-5-6-10-22(19)29/h2-10,16,20,23H,11-15H2,1H3,(H,26,27). The number of anilines is 1. The molecule has 0 amide bonds. The summed E-state index contributed by atoms with van der Waals surface area (Å²) in [5, 5.41) is 0. The van der Waals surface area contributed by atoms with Crippen LogP contribution < -0.4 is 4.90 Å². The van der Waals surface area contributed by atoms with E-state index in [-0.39, 0.29) is 19.1 Å². The van der Waals surface area contributed by atoms with E-state index in [1.807, 2.05) is 49.4 Å². The van der Waals surface area contributed by atoms with Crippen LogP contribution in [-0.2, 0) is 29.5 Å². The molecule has 170 valence electrons. The molecule has 3 aromatic rings. The van der Waals surface area contributed by atoms with Gasteiger partial charge in [-0.2, -0.15) is 13.1 Å². The molecule has 2 heterocycles. The summed E-state index contributed by atoms with van der Waals surface area (Å²) in [5.41, 5.74) is 4.43. The molecule has 32 heavy (non-hydrogen) atoms. The van der Waals surface area contributed by atoms with Gasteiger partial charge in [-0.3, -0.25) is 0 Å². The summed E-state index contributed by atoms with van der Waals surface area (Å²) < 4.78 is 52.9. The number of aromatic nitrogens is 2. The molecule has 0 saturated carbocycles. The lowest BCUT2D eigenvalue weighted by molar-refractivity contribution is 0.216. The zero-order chi connectivity index (χ0) is 22.7. The van der Waals surface area contributed by atoms with Gasteiger partial charge in [0.05, 0.1) is 18.6 Å². The molecule has 1 N–H and O–H groups in total. The van der Waals surface area contributed by atoms with Crippen LogP contribution in [0.15, 0.2) is 60.9 Å². The van der Waals surface area contributed by atoms with Crippen molar-refractivity contribution in [3.05, 3.63) is 83.4 Å². The van der Waals surface area contributed by atoms with Crippen molar-refractivity contribution in [2.45, 2.75) is 44.7 Å². The number of alkyl halides is 2. The Bertz CT molecular complexity index is 1150. The van der Waals surface area contributed by atoms with E-state index in [1.54, 1.807) is 18.5 Å². The number of nitrogens with one attached hydrogen (secondary N) is 1. The molecule has 1 aliphatic rings. The van der Waals surface area contributed by atoms with Gasteiger partial charge in [0.15, 0.2) is 0 Å². The van der Waals surface area contributed by atoms with E-state index in [0.717, 1.165) is 26.9 Å². The van der Waals surface area contributed by atoms with Crippen molar-refractivity contribution in [1.82, 2.24) is 14.3 Å². The number of aryl methyl sites for hydroxylation is 2. The Balaban J connectivity index is 1.73. The Hall–Kier alpha value is -2.78. The number of nitrogens with zero attached hydrogens (tertiary/aromatic N) is 3. The number of fused-ring (bicyclic) bond motifs is 1. The van der Waals surface area contributed by atoms with Crippen molar-refractivity contribution >= 4 is 15.7 Å². The fourth-order valence-electron chi connectivity index (χ4n) is 4.16. The highest BCUT2D eigenvalue weighted by Crippen LogP contribution is 2.33. The molecule has 1 aromatic heterocycles. The summed E-state index contributed by atoms with van der Waals surface area (Å²) >= 11 is 0. The molecule has 6 nitrogen and oxygen atoms in total. The lowest BCUT2D eigenvalue weighted by Gasteiger charge is -2.34. The summed E-state index contributed by atoms with van der Waals surface area (Å²) in [6, 6.07) is 17.0. The van der Waals surface area contributed by atoms with Crippen LogP contribution in [0.4, 0.5) is 14.5 Å². The average molecular weight is 461 g/mol. The van der Waals surface area contributed by atoms with Crippen molar-refractivity contribution in [3.63, 3.8) is 0 Å². The number of halogens is 2. The second-order valence-electron chi connectivity index (χ2n) is 8.01. The molecule has 0 spiro atoms. The largest absolute Gasteiger partial charge is 0.361 e. The monoisotopic (exact) mass is 460 g/mol. The van der Waals surface area contributed by atoms with Crippen LogP contribution in [0.1, 0.15) is 28.9 Å². The van der Waals surface area contributed by atoms with E-state index in [2.05, 4.69) is 14.9 Å². The quantitative estimate of drug-likeness (QED) is 0.577. The van der Waals surface area contributed by atoms with Gasteiger partial charge >= 0.3 is 5.76 Å². The minimum absolute atomic E-state index is 0.0162. The second-order valence-corrected chi connectivity index (χ2v) is 9.91. The third-order valence-electron chi connectivity index (χ3n) is 5.95. The van der Waals surface area contributed by atoms with E-state index in [4.69, 9.17) is 0 Å². The van der Waals surface area contributed by atoms with E-state index in [0.29, 0.717) is 24.9 Å². The Morgan fingerprint density at radius 1 is 1.12 bits per heavy atom. The first-order valence-electron chi connectivity index (χ1n) is 10.5. The maximum absolute atomic E-state index is 13.5. The van der Waals surface area contributed by atoms with Crippen LogP contribution in [0.25, 0.3) is 0 Å². The SMILES string of the molecule is Cc1[nH]cnc1CN1c2ccccc2CN(S(=O)(=O)C(F)F)CC1CCc1ccccc1. The first-order valence-corrected chi connectivity index (χ1v) is 12.0. The summed E-state index contributed by atoms with van der Waals surface area (Å²) in [7, 11) is -4.72. The van der Waals surface area contributed by atoms with Crippen LogP contribution in [0.5, 0.6) is 0 Å². The predicted molar refractivity (Wildman–Crippen MR) is 120 cm³/mol. The van der Waals surface area contributed by atoms with Gasteiger partial charge < -0.3 is 9.88 Å². The minimum Gasteiger partial charge on any atom is -0.361 e. The topological polar surface area (TPSA) is 69.3 Å². The van der Waals surface area contributed by atoms with Crippen molar-refractivity contribution in [2.24, 2.45) is 0 Å². The second kappa shape index (κ2) is 9.38. The van der Waals surface area contributed by atoms with Gasteiger partial charge in [-0.15, -0.1) is 0 Å². The van der Waals surface area contributed by atoms with Crippen LogP contribution in [0, 0.1) is 6.92 Å². The first-order chi connectivity index (χ1) is 15.4. The van der Waals surface area contributed by atoms with Crippen LogP contribution >= 0.6 is 0 Å². The number of imidazole rings is 1. The average Bonchev–Trinajstić information content (AvgIpc) is 3.11. The van der Waals surface area contributed by atoms with Gasteiger partial charge in [-0.1, -0.05) is 48.5 Å². The summed E-state index contributed by atoms with van der Waals surface area (Å²) in [4.78, 5) is 9.60. The maximum atomic E-state index is 13.5. The number of para-hydroxylation sites is 1. The van der Waals surface area contributed by atoms with E-state index >= 15 is 0 Å². The molecule has 1 aliphatic heterocycles. The normalized spacial score (nSPS) is 17.4. The van der Waals surface area contributed by atoms with Gasteiger partial charge in [0.25, 0.3) is 10.0 Å². The number of rotatable bonds is 7. The highest BCUT2D eigenvalue weighted by molar-refractivity contribution is 7.89. The molecule has 0 saturated heterocycles. The molecule has 4 rings (SSSR count). The van der Waals surface area contributed by atoms with Crippen LogP contribution in [-0.4, -0.2) is 41.0 Å². The van der Waals surface area contributed by atoms with Gasteiger partial charge in [0.1, 0.15) is 0 Å². The lowest BCUT2D eigenvalue weighted by Crippen LogP contribution is -2.45. The third-order valence-corrected chi connectivity index (χ3v) is 7.40. The van der Waals surface area contributed by atoms with Crippen LogP contribution in [0.3, 0.4) is 0 Å². The molecule has 2 aromatic carbocycles. The number of H-pyrrole nitrogens is 1. The Labute approximate surface area is 186 Å². The highest BCUT2D eigenvalue weighted by atomic mass is 32.2. The Morgan fingerprint density at radius 2 is 1.84 bits per heavy atom. The minimum atomic E-state index is -4.72. The molecule has 1 unspecified atom stereocenters. The molecular formula is C23H26F2N4O2S. The van der Waals surface area contributed by atoms with Crippen molar-refractivity contribution in [3.8, 4) is 0 Å². The number of hydrogen-bond donors (Lipinski definition) is 1. The maximum Gasteiger partial charge on any atom is 0.350 e. The summed E-state index contributed by atoms with van der Waals surface area (Å²) in [5.74, 6) is -3.45. The van der Waals surface area contributed by atoms with Gasteiger partial charge in [0.2, 0.25) is 0 Å². The number of hydrogen-bond acceptors (Lipinski definition) is 4. The number of sulfonamides is 1. The fraction of sp³-hybridized carbons (Fsp3) is 0.348. The number of benzene rings is 2. The molecule has 0 radical (unpaired) electrons. The number of aromatic amines is 1. The first kappa shape index (κ1) is 22.4. The molecule has 0 fully saturated rings. The van der Waals surface area contributed by atoms with E-state index in [9.17, 15) is 17.2 Å². The van der Waals surface area contributed by atoms with Crippen molar-refractivity contribution in [2.75, 3.05) is 11.4 Å². The molecule has 0 aliphatic carbocycles. The Kier molecular flexibility index (Phi) is 6.57. The highest BCUT2D eigenvalue weighted by Gasteiger charge is 2.38.